The van der Waals surface area contributed by atoms with Crippen LogP contribution in [-0.2, 0) is 17.8 Å². The van der Waals surface area contributed by atoms with Crippen molar-refractivity contribution in [2.45, 2.75) is 64.0 Å². The van der Waals surface area contributed by atoms with E-state index in [4.69, 9.17) is 4.74 Å². The second-order valence-corrected chi connectivity index (χ2v) is 8.74. The van der Waals surface area contributed by atoms with Crippen molar-refractivity contribution in [3.63, 3.8) is 0 Å². The highest BCUT2D eigenvalue weighted by atomic mass is 16.5. The zero-order valence-electron chi connectivity index (χ0n) is 18.9. The zero-order valence-corrected chi connectivity index (χ0v) is 18.9. The average molecular weight is 440 g/mol. The highest BCUT2D eigenvalue weighted by Crippen LogP contribution is 2.22. The summed E-state index contributed by atoms with van der Waals surface area (Å²) in [4.78, 5) is 29.4. The van der Waals surface area contributed by atoms with Crippen LogP contribution in [0.4, 0.5) is 0 Å². The first-order valence-corrected chi connectivity index (χ1v) is 11.8. The number of methoxy groups -OCH3 is 1. The Morgan fingerprint density at radius 2 is 1.81 bits per heavy atom. The van der Waals surface area contributed by atoms with Gasteiger partial charge in [-0.3, -0.25) is 14.3 Å². The molecule has 0 bridgehead atoms. The number of benzene rings is 1. The van der Waals surface area contributed by atoms with Gasteiger partial charge in [0.25, 0.3) is 5.91 Å². The van der Waals surface area contributed by atoms with Gasteiger partial charge in [-0.1, -0.05) is 17.3 Å². The lowest BCUT2D eigenvalue weighted by molar-refractivity contribution is -0.135. The van der Waals surface area contributed by atoms with Gasteiger partial charge in [0.05, 0.1) is 13.3 Å². The Morgan fingerprint density at radius 3 is 2.56 bits per heavy atom. The number of ether oxygens (including phenoxy) is 1. The molecule has 2 amide bonds. The quantitative estimate of drug-likeness (QED) is 0.632. The van der Waals surface area contributed by atoms with Gasteiger partial charge in [0.1, 0.15) is 5.75 Å². The molecule has 1 atom stereocenters. The summed E-state index contributed by atoms with van der Waals surface area (Å²) in [5, 5.41) is 8.24. The van der Waals surface area contributed by atoms with Crippen LogP contribution in [0, 0.1) is 0 Å². The van der Waals surface area contributed by atoms with Crippen molar-refractivity contribution in [3.8, 4) is 5.75 Å². The number of aromatic nitrogens is 3. The van der Waals surface area contributed by atoms with Crippen molar-refractivity contribution in [1.82, 2.24) is 24.8 Å². The maximum absolute atomic E-state index is 13.0. The number of carbonyl (C=O) groups is 2. The molecule has 0 saturated carbocycles. The van der Waals surface area contributed by atoms with Gasteiger partial charge in [-0.2, -0.15) is 0 Å². The molecule has 0 radical (unpaired) electrons. The minimum absolute atomic E-state index is 0.0262. The molecule has 32 heavy (non-hydrogen) atoms. The number of hydrogen-bond donors (Lipinski definition) is 0. The van der Waals surface area contributed by atoms with Gasteiger partial charge in [0.2, 0.25) is 5.91 Å². The molecule has 0 aliphatic carbocycles. The Kier molecular flexibility index (Phi) is 7.39. The summed E-state index contributed by atoms with van der Waals surface area (Å²) in [7, 11) is 1.65. The van der Waals surface area contributed by atoms with Gasteiger partial charge in [0.15, 0.2) is 5.69 Å². The number of rotatable bonds is 8. The van der Waals surface area contributed by atoms with Gasteiger partial charge >= 0.3 is 0 Å². The van der Waals surface area contributed by atoms with Gasteiger partial charge < -0.3 is 14.5 Å². The number of carbonyl (C=O) groups excluding carboxylic acids is 2. The second kappa shape index (κ2) is 10.6. The maximum atomic E-state index is 13.0. The van der Waals surface area contributed by atoms with E-state index < -0.39 is 0 Å². The van der Waals surface area contributed by atoms with Crippen molar-refractivity contribution in [2.75, 3.05) is 26.7 Å². The number of piperidine rings is 1. The zero-order chi connectivity index (χ0) is 22.3. The fraction of sp³-hybridized carbons (Fsp3) is 0.583. The average Bonchev–Trinajstić information content (AvgIpc) is 3.54. The standard InChI is InChI=1S/C24H33N5O3/c1-32-21-10-7-19(8-11-21)9-12-23(30)29-16-3-2-6-20(29)13-17-28-18-22(25-26-28)24(31)27-14-4-5-15-27/h7-8,10-11,18,20H,2-6,9,12-17H2,1H3. The van der Waals surface area contributed by atoms with Crippen molar-refractivity contribution >= 4 is 11.8 Å². The molecular weight excluding hydrogens is 406 g/mol. The molecule has 2 aromatic rings. The van der Waals surface area contributed by atoms with Crippen LogP contribution >= 0.6 is 0 Å². The van der Waals surface area contributed by atoms with Crippen molar-refractivity contribution in [3.05, 3.63) is 41.7 Å². The first-order valence-electron chi connectivity index (χ1n) is 11.8. The molecule has 4 rings (SSSR count). The second-order valence-electron chi connectivity index (χ2n) is 8.74. The van der Waals surface area contributed by atoms with E-state index in [1.807, 2.05) is 29.2 Å². The largest absolute Gasteiger partial charge is 0.497 e. The highest BCUT2D eigenvalue weighted by molar-refractivity contribution is 5.92. The van der Waals surface area contributed by atoms with Crippen LogP contribution in [0.15, 0.2) is 30.5 Å². The Balaban J connectivity index is 1.29. The summed E-state index contributed by atoms with van der Waals surface area (Å²) >= 11 is 0. The van der Waals surface area contributed by atoms with Crippen molar-refractivity contribution < 1.29 is 14.3 Å². The predicted octanol–water partition coefficient (Wildman–Crippen LogP) is 2.93. The van der Waals surface area contributed by atoms with Crippen LogP contribution in [0.2, 0.25) is 0 Å². The molecule has 172 valence electrons. The van der Waals surface area contributed by atoms with Gasteiger partial charge in [-0.25, -0.2) is 0 Å². The van der Waals surface area contributed by atoms with Crippen molar-refractivity contribution in [1.29, 1.82) is 0 Å². The minimum Gasteiger partial charge on any atom is -0.497 e. The number of nitrogens with zero attached hydrogens (tertiary/aromatic N) is 5. The smallest absolute Gasteiger partial charge is 0.276 e. The molecule has 3 heterocycles. The van der Waals surface area contributed by atoms with E-state index in [1.165, 1.54) is 0 Å². The molecule has 1 unspecified atom stereocenters. The predicted molar refractivity (Wildman–Crippen MR) is 120 cm³/mol. The molecule has 0 N–H and O–H groups in total. The summed E-state index contributed by atoms with van der Waals surface area (Å²) in [6.45, 7) is 3.10. The van der Waals surface area contributed by atoms with E-state index in [0.29, 0.717) is 18.7 Å². The third-order valence-corrected chi connectivity index (χ3v) is 6.58. The molecule has 8 heteroatoms. The molecule has 1 aromatic heterocycles. The van der Waals surface area contributed by atoms with Crippen LogP contribution in [0.3, 0.4) is 0 Å². The molecule has 2 fully saturated rings. The summed E-state index contributed by atoms with van der Waals surface area (Å²) < 4.78 is 6.95. The Hall–Kier alpha value is -2.90. The molecule has 8 nitrogen and oxygen atoms in total. The van der Waals surface area contributed by atoms with Crippen molar-refractivity contribution in [2.24, 2.45) is 0 Å². The topological polar surface area (TPSA) is 80.6 Å². The van der Waals surface area contributed by atoms with Gasteiger partial charge in [-0.05, 0) is 62.6 Å². The third-order valence-electron chi connectivity index (χ3n) is 6.58. The lowest BCUT2D eigenvalue weighted by Gasteiger charge is -2.36. The Morgan fingerprint density at radius 1 is 1.06 bits per heavy atom. The molecular formula is C24H33N5O3. The third kappa shape index (κ3) is 5.47. The van der Waals surface area contributed by atoms with E-state index in [2.05, 4.69) is 15.2 Å². The first kappa shape index (κ1) is 22.3. The number of amides is 2. The number of aryl methyl sites for hydroxylation is 2. The monoisotopic (exact) mass is 439 g/mol. The van der Waals surface area contributed by atoms with Gasteiger partial charge in [0, 0.05) is 38.6 Å². The SMILES string of the molecule is COc1ccc(CCC(=O)N2CCCCC2CCn2cc(C(=O)N3CCCC3)nn2)cc1. The summed E-state index contributed by atoms with van der Waals surface area (Å²) in [6, 6.07) is 8.13. The van der Waals surface area contributed by atoms with Crippen LogP contribution in [-0.4, -0.2) is 69.4 Å². The first-order chi connectivity index (χ1) is 15.6. The summed E-state index contributed by atoms with van der Waals surface area (Å²) in [5.74, 6) is 1.02. The maximum Gasteiger partial charge on any atom is 0.276 e. The molecule has 1 aromatic carbocycles. The molecule has 2 aliphatic rings. The lowest BCUT2D eigenvalue weighted by Crippen LogP contribution is -2.44. The molecule has 2 saturated heterocycles. The van der Waals surface area contributed by atoms with E-state index in [0.717, 1.165) is 75.9 Å². The van der Waals surface area contributed by atoms with E-state index in [-0.39, 0.29) is 17.9 Å². The van der Waals surface area contributed by atoms with Crippen LogP contribution in [0.5, 0.6) is 5.75 Å². The summed E-state index contributed by atoms with van der Waals surface area (Å²) in [5.41, 5.74) is 1.56. The highest BCUT2D eigenvalue weighted by Gasteiger charge is 2.27. The fourth-order valence-corrected chi connectivity index (χ4v) is 4.69. The van der Waals surface area contributed by atoms with E-state index >= 15 is 0 Å². The lowest BCUT2D eigenvalue weighted by atomic mass is 9.98. The Bertz CT molecular complexity index is 905. The van der Waals surface area contributed by atoms with Gasteiger partial charge in [-0.15, -0.1) is 5.10 Å². The van der Waals surface area contributed by atoms with Crippen LogP contribution in [0.1, 0.15) is 61.0 Å². The minimum atomic E-state index is -0.0262. The van der Waals surface area contributed by atoms with Crippen LogP contribution in [0.25, 0.3) is 0 Å². The fourth-order valence-electron chi connectivity index (χ4n) is 4.69. The molecule has 2 aliphatic heterocycles. The number of hydrogen-bond acceptors (Lipinski definition) is 5. The molecule has 0 spiro atoms. The van der Waals surface area contributed by atoms with E-state index in [1.54, 1.807) is 18.0 Å². The van der Waals surface area contributed by atoms with Crippen LogP contribution < -0.4 is 4.74 Å². The summed E-state index contributed by atoms with van der Waals surface area (Å²) in [6.07, 6.45) is 9.16. The normalized spacial score (nSPS) is 18.7. The Labute approximate surface area is 189 Å². The number of likely N-dealkylation sites (tertiary alicyclic amines) is 2. The van der Waals surface area contributed by atoms with E-state index in [9.17, 15) is 9.59 Å².